The number of hydrogen-bond acceptors (Lipinski definition) is 6. The van der Waals surface area contributed by atoms with Crippen LogP contribution >= 0.6 is 0 Å². The van der Waals surface area contributed by atoms with Gasteiger partial charge in [-0.05, 0) is 29.4 Å². The fraction of sp³-hybridized carbons (Fsp3) is 0.333. The average molecular weight is 330 g/mol. The molecular weight excluding hydrogens is 312 g/mol. The molecule has 2 aromatic rings. The van der Waals surface area contributed by atoms with Crippen LogP contribution in [0.5, 0.6) is 0 Å². The smallest absolute Gasteiger partial charge is 0.321 e. The van der Waals surface area contributed by atoms with Crippen molar-refractivity contribution in [3.05, 3.63) is 35.5 Å². The van der Waals surface area contributed by atoms with Crippen LogP contribution in [0, 0.1) is 6.92 Å². The molecular formula is C15H18N6O3. The molecule has 0 unspecified atom stereocenters. The van der Waals surface area contributed by atoms with Gasteiger partial charge in [0.2, 0.25) is 11.5 Å². The highest BCUT2D eigenvalue weighted by atomic mass is 16.6. The highest BCUT2D eigenvalue weighted by Crippen LogP contribution is 2.13. The molecule has 1 aromatic carbocycles. The molecule has 3 amide bonds. The zero-order chi connectivity index (χ0) is 17.1. The molecule has 0 aliphatic carbocycles. The van der Waals surface area contributed by atoms with Crippen LogP contribution in [0.15, 0.2) is 28.9 Å². The molecule has 3 N–H and O–H groups in total. The third-order valence-corrected chi connectivity index (χ3v) is 3.87. The average Bonchev–Trinajstić information content (AvgIpc) is 3.02. The third-order valence-electron chi connectivity index (χ3n) is 3.87. The normalized spacial score (nSPS) is 14.5. The van der Waals surface area contributed by atoms with Crippen LogP contribution in [-0.4, -0.2) is 58.2 Å². The van der Waals surface area contributed by atoms with Crippen molar-refractivity contribution in [2.75, 3.05) is 37.2 Å². The number of nitrogens with one attached hydrogen (secondary N) is 1. The summed E-state index contributed by atoms with van der Waals surface area (Å²) >= 11 is 0. The standard InChI is InChI=1S/C15H18N6O3/c1-10-2-4-11(5-3-10)17-15(23)21-8-6-20(7-9-21)14(22)12-13(16)19-24-18-12/h2-5H,6-9H2,1H3,(H2,16,19)(H,17,23). The molecule has 0 radical (unpaired) electrons. The maximum atomic E-state index is 12.3. The van der Waals surface area contributed by atoms with E-state index in [0.29, 0.717) is 26.2 Å². The van der Waals surface area contributed by atoms with Crippen LogP contribution in [-0.2, 0) is 0 Å². The Morgan fingerprint density at radius 3 is 2.29 bits per heavy atom. The van der Waals surface area contributed by atoms with E-state index in [2.05, 4.69) is 20.3 Å². The Hall–Kier alpha value is -3.10. The van der Waals surface area contributed by atoms with E-state index in [1.165, 1.54) is 0 Å². The van der Waals surface area contributed by atoms with Crippen molar-refractivity contribution in [2.45, 2.75) is 6.92 Å². The van der Waals surface area contributed by atoms with Gasteiger partial charge in [0.15, 0.2) is 0 Å². The minimum atomic E-state index is -0.340. The maximum Gasteiger partial charge on any atom is 0.321 e. The van der Waals surface area contributed by atoms with Crippen molar-refractivity contribution < 1.29 is 14.2 Å². The quantitative estimate of drug-likeness (QED) is 0.846. The van der Waals surface area contributed by atoms with E-state index in [-0.39, 0.29) is 23.5 Å². The topological polar surface area (TPSA) is 118 Å². The van der Waals surface area contributed by atoms with E-state index in [9.17, 15) is 9.59 Å². The van der Waals surface area contributed by atoms with Crippen molar-refractivity contribution in [3.8, 4) is 0 Å². The molecule has 0 saturated carbocycles. The molecule has 0 bridgehead atoms. The number of nitrogen functional groups attached to an aromatic ring is 1. The highest BCUT2D eigenvalue weighted by molar-refractivity contribution is 5.96. The summed E-state index contributed by atoms with van der Waals surface area (Å²) in [6.45, 7) is 3.63. The molecule has 9 nitrogen and oxygen atoms in total. The van der Waals surface area contributed by atoms with Crippen molar-refractivity contribution in [1.29, 1.82) is 0 Å². The Morgan fingerprint density at radius 2 is 1.71 bits per heavy atom. The molecule has 3 rings (SSSR count). The summed E-state index contributed by atoms with van der Waals surface area (Å²) in [5.74, 6) is -0.369. The SMILES string of the molecule is Cc1ccc(NC(=O)N2CCN(C(=O)c3nonc3N)CC2)cc1. The molecule has 0 atom stereocenters. The summed E-state index contributed by atoms with van der Waals surface area (Å²) in [6.07, 6.45) is 0. The molecule has 1 aliphatic rings. The second-order valence-electron chi connectivity index (χ2n) is 5.57. The van der Waals surface area contributed by atoms with E-state index < -0.39 is 0 Å². The van der Waals surface area contributed by atoms with Crippen molar-refractivity contribution >= 4 is 23.4 Å². The lowest BCUT2D eigenvalue weighted by molar-refractivity contribution is 0.0661. The molecule has 126 valence electrons. The van der Waals surface area contributed by atoms with Gasteiger partial charge in [-0.2, -0.15) is 0 Å². The largest absolute Gasteiger partial charge is 0.379 e. The van der Waals surface area contributed by atoms with Crippen LogP contribution in [0.4, 0.5) is 16.3 Å². The van der Waals surface area contributed by atoms with Gasteiger partial charge in [-0.3, -0.25) is 4.79 Å². The van der Waals surface area contributed by atoms with Gasteiger partial charge in [-0.15, -0.1) is 0 Å². The summed E-state index contributed by atoms with van der Waals surface area (Å²) in [6, 6.07) is 7.39. The first-order valence-electron chi connectivity index (χ1n) is 7.54. The molecule has 2 heterocycles. The summed E-state index contributed by atoms with van der Waals surface area (Å²) in [5, 5.41) is 9.76. The molecule has 0 spiro atoms. The maximum absolute atomic E-state index is 12.3. The molecule has 24 heavy (non-hydrogen) atoms. The Morgan fingerprint density at radius 1 is 1.08 bits per heavy atom. The van der Waals surface area contributed by atoms with Gasteiger partial charge in [0.1, 0.15) is 0 Å². The Balaban J connectivity index is 1.55. The number of carbonyl (C=O) groups excluding carboxylic acids is 2. The number of nitrogens with zero attached hydrogens (tertiary/aromatic N) is 4. The zero-order valence-electron chi connectivity index (χ0n) is 13.2. The summed E-state index contributed by atoms with van der Waals surface area (Å²) in [7, 11) is 0. The van der Waals surface area contributed by atoms with Crippen LogP contribution in [0.3, 0.4) is 0 Å². The van der Waals surface area contributed by atoms with E-state index in [1.54, 1.807) is 9.80 Å². The van der Waals surface area contributed by atoms with Crippen molar-refractivity contribution in [3.63, 3.8) is 0 Å². The number of anilines is 2. The first kappa shape index (κ1) is 15.8. The van der Waals surface area contributed by atoms with Crippen LogP contribution in [0.1, 0.15) is 16.1 Å². The number of aryl methyl sites for hydroxylation is 1. The van der Waals surface area contributed by atoms with Gasteiger partial charge in [-0.25, -0.2) is 9.42 Å². The second kappa shape index (κ2) is 6.57. The van der Waals surface area contributed by atoms with E-state index in [4.69, 9.17) is 5.73 Å². The van der Waals surface area contributed by atoms with Crippen LogP contribution < -0.4 is 11.1 Å². The molecule has 1 saturated heterocycles. The van der Waals surface area contributed by atoms with Gasteiger partial charge in [0, 0.05) is 31.9 Å². The summed E-state index contributed by atoms with van der Waals surface area (Å²) < 4.78 is 4.44. The lowest BCUT2D eigenvalue weighted by Gasteiger charge is -2.34. The number of hydrogen-bond donors (Lipinski definition) is 2. The van der Waals surface area contributed by atoms with Crippen LogP contribution in [0.2, 0.25) is 0 Å². The number of piperazine rings is 1. The second-order valence-corrected chi connectivity index (χ2v) is 5.57. The Bertz CT molecular complexity index is 734. The van der Waals surface area contributed by atoms with Gasteiger partial charge in [-0.1, -0.05) is 17.7 Å². The summed E-state index contributed by atoms with van der Waals surface area (Å²) in [5.41, 5.74) is 7.41. The molecule has 1 aliphatic heterocycles. The third kappa shape index (κ3) is 3.29. The predicted octanol–water partition coefficient (Wildman–Crippen LogP) is 0.950. The number of rotatable bonds is 2. The lowest BCUT2D eigenvalue weighted by Crippen LogP contribution is -2.51. The van der Waals surface area contributed by atoms with Gasteiger partial charge < -0.3 is 20.9 Å². The van der Waals surface area contributed by atoms with Crippen molar-refractivity contribution in [2.24, 2.45) is 0 Å². The number of nitrogens with two attached hydrogens (primary N) is 1. The monoisotopic (exact) mass is 330 g/mol. The highest BCUT2D eigenvalue weighted by Gasteiger charge is 2.28. The fourth-order valence-electron chi connectivity index (χ4n) is 2.45. The minimum absolute atomic E-state index is 0.00700. The minimum Gasteiger partial charge on any atom is -0.379 e. The first-order valence-corrected chi connectivity index (χ1v) is 7.54. The Kier molecular flexibility index (Phi) is 4.32. The predicted molar refractivity (Wildman–Crippen MR) is 86.4 cm³/mol. The number of urea groups is 1. The van der Waals surface area contributed by atoms with Crippen LogP contribution in [0.25, 0.3) is 0 Å². The van der Waals surface area contributed by atoms with Gasteiger partial charge >= 0.3 is 6.03 Å². The molecule has 9 heteroatoms. The fourth-order valence-corrected chi connectivity index (χ4v) is 2.45. The van der Waals surface area contributed by atoms with E-state index in [0.717, 1.165) is 11.3 Å². The number of amides is 3. The van der Waals surface area contributed by atoms with Gasteiger partial charge in [0.05, 0.1) is 0 Å². The molecule has 1 aromatic heterocycles. The first-order chi connectivity index (χ1) is 11.5. The van der Waals surface area contributed by atoms with Gasteiger partial charge in [0.25, 0.3) is 5.91 Å². The van der Waals surface area contributed by atoms with E-state index in [1.807, 2.05) is 31.2 Å². The Labute approximate surface area is 138 Å². The zero-order valence-corrected chi connectivity index (χ0v) is 13.2. The number of benzene rings is 1. The summed E-state index contributed by atoms with van der Waals surface area (Å²) in [4.78, 5) is 27.7. The van der Waals surface area contributed by atoms with Crippen molar-refractivity contribution in [1.82, 2.24) is 20.1 Å². The number of aromatic nitrogens is 2. The molecule has 1 fully saturated rings. The lowest BCUT2D eigenvalue weighted by atomic mass is 10.2. The van der Waals surface area contributed by atoms with E-state index >= 15 is 0 Å². The number of carbonyl (C=O) groups is 2.